The SMILES string of the molecule is COCCCCCNC(=O)C(C)(C)C(N)=S. The van der Waals surface area contributed by atoms with Crippen LogP contribution in [0.15, 0.2) is 0 Å². The van der Waals surface area contributed by atoms with Gasteiger partial charge < -0.3 is 15.8 Å². The molecule has 0 saturated heterocycles. The maximum absolute atomic E-state index is 11.7. The van der Waals surface area contributed by atoms with E-state index in [0.29, 0.717) is 6.54 Å². The molecule has 0 atom stereocenters. The number of ether oxygens (including phenoxy) is 1. The van der Waals surface area contributed by atoms with E-state index >= 15 is 0 Å². The van der Waals surface area contributed by atoms with Crippen molar-refractivity contribution in [2.75, 3.05) is 20.3 Å². The van der Waals surface area contributed by atoms with Crippen LogP contribution in [-0.2, 0) is 9.53 Å². The molecule has 0 aromatic carbocycles. The highest BCUT2D eigenvalue weighted by Crippen LogP contribution is 2.15. The topological polar surface area (TPSA) is 64.3 Å². The number of hydrogen-bond acceptors (Lipinski definition) is 3. The smallest absolute Gasteiger partial charge is 0.232 e. The second kappa shape index (κ2) is 7.57. The van der Waals surface area contributed by atoms with Crippen LogP contribution in [0.4, 0.5) is 0 Å². The van der Waals surface area contributed by atoms with Gasteiger partial charge in [0.15, 0.2) is 0 Å². The van der Waals surface area contributed by atoms with E-state index in [4.69, 9.17) is 22.7 Å². The number of rotatable bonds is 8. The van der Waals surface area contributed by atoms with Gasteiger partial charge >= 0.3 is 0 Å². The molecule has 0 rings (SSSR count). The monoisotopic (exact) mass is 246 g/mol. The fourth-order valence-corrected chi connectivity index (χ4v) is 1.18. The average molecular weight is 246 g/mol. The maximum Gasteiger partial charge on any atom is 0.232 e. The normalized spacial score (nSPS) is 11.2. The quantitative estimate of drug-likeness (QED) is 0.499. The van der Waals surface area contributed by atoms with Crippen LogP contribution in [0.25, 0.3) is 0 Å². The molecule has 0 aromatic rings. The summed E-state index contributed by atoms with van der Waals surface area (Å²) in [5.41, 5.74) is 4.73. The van der Waals surface area contributed by atoms with E-state index in [9.17, 15) is 4.79 Å². The molecule has 0 fully saturated rings. The molecule has 94 valence electrons. The van der Waals surface area contributed by atoms with Gasteiger partial charge in [0, 0.05) is 20.3 Å². The molecule has 0 heterocycles. The lowest BCUT2D eigenvalue weighted by atomic mass is 9.92. The molecule has 0 aliphatic rings. The minimum Gasteiger partial charge on any atom is -0.392 e. The van der Waals surface area contributed by atoms with E-state index < -0.39 is 5.41 Å². The van der Waals surface area contributed by atoms with Crippen molar-refractivity contribution >= 4 is 23.1 Å². The van der Waals surface area contributed by atoms with Crippen molar-refractivity contribution in [1.29, 1.82) is 0 Å². The fourth-order valence-electron chi connectivity index (χ4n) is 1.08. The summed E-state index contributed by atoms with van der Waals surface area (Å²) in [4.78, 5) is 11.9. The number of amides is 1. The van der Waals surface area contributed by atoms with E-state index in [-0.39, 0.29) is 10.9 Å². The summed E-state index contributed by atoms with van der Waals surface area (Å²) in [6.45, 7) is 4.89. The first-order chi connectivity index (χ1) is 7.42. The van der Waals surface area contributed by atoms with Gasteiger partial charge in [-0.2, -0.15) is 0 Å². The third-order valence-corrected chi connectivity index (χ3v) is 3.00. The fraction of sp³-hybridized carbons (Fsp3) is 0.818. The Balaban J connectivity index is 3.70. The zero-order valence-electron chi connectivity index (χ0n) is 10.3. The molecule has 0 aromatic heterocycles. The standard InChI is InChI=1S/C11H22N2O2S/c1-11(2,9(12)16)10(14)13-7-5-4-6-8-15-3/h4-8H2,1-3H3,(H2,12,16)(H,13,14). The number of methoxy groups -OCH3 is 1. The molecule has 0 bridgehead atoms. The number of carbonyl (C=O) groups excluding carboxylic acids is 1. The number of hydrogen-bond donors (Lipinski definition) is 2. The van der Waals surface area contributed by atoms with Gasteiger partial charge in [-0.3, -0.25) is 4.79 Å². The third kappa shape index (κ3) is 5.42. The van der Waals surface area contributed by atoms with Crippen molar-refractivity contribution in [3.63, 3.8) is 0 Å². The first-order valence-corrected chi connectivity index (χ1v) is 5.91. The minimum absolute atomic E-state index is 0.105. The summed E-state index contributed by atoms with van der Waals surface area (Å²) in [5, 5.41) is 2.83. The molecule has 16 heavy (non-hydrogen) atoms. The molecule has 0 spiro atoms. The van der Waals surface area contributed by atoms with Crippen LogP contribution in [0.1, 0.15) is 33.1 Å². The van der Waals surface area contributed by atoms with E-state index in [0.717, 1.165) is 25.9 Å². The molecular formula is C11H22N2O2S. The molecule has 1 amide bonds. The second-order valence-electron chi connectivity index (χ2n) is 4.30. The van der Waals surface area contributed by atoms with Crippen molar-refractivity contribution < 1.29 is 9.53 Å². The lowest BCUT2D eigenvalue weighted by Gasteiger charge is -2.21. The lowest BCUT2D eigenvalue weighted by Crippen LogP contribution is -2.45. The zero-order valence-corrected chi connectivity index (χ0v) is 11.2. The average Bonchev–Trinajstić information content (AvgIpc) is 2.22. The van der Waals surface area contributed by atoms with E-state index in [1.165, 1.54) is 0 Å². The van der Waals surface area contributed by atoms with Crippen molar-refractivity contribution in [3.05, 3.63) is 0 Å². The van der Waals surface area contributed by atoms with Gasteiger partial charge in [0.1, 0.15) is 0 Å². The Hall–Kier alpha value is -0.680. The molecule has 3 N–H and O–H groups in total. The van der Waals surface area contributed by atoms with Gasteiger partial charge in [-0.15, -0.1) is 0 Å². The van der Waals surface area contributed by atoms with Crippen LogP contribution in [0, 0.1) is 5.41 Å². The van der Waals surface area contributed by atoms with Gasteiger partial charge in [-0.05, 0) is 33.1 Å². The van der Waals surface area contributed by atoms with Gasteiger partial charge in [-0.1, -0.05) is 12.2 Å². The number of carbonyl (C=O) groups is 1. The predicted octanol–water partition coefficient (Wildman–Crippen LogP) is 1.23. The van der Waals surface area contributed by atoms with Crippen LogP contribution in [0.2, 0.25) is 0 Å². The number of nitrogens with one attached hydrogen (secondary N) is 1. The molecule has 0 aliphatic carbocycles. The Morgan fingerprint density at radius 3 is 2.50 bits per heavy atom. The number of unbranched alkanes of at least 4 members (excludes halogenated alkanes) is 2. The largest absolute Gasteiger partial charge is 0.392 e. The molecule has 0 radical (unpaired) electrons. The highest BCUT2D eigenvalue weighted by molar-refractivity contribution is 7.80. The molecule has 0 saturated carbocycles. The first-order valence-electron chi connectivity index (χ1n) is 5.50. The van der Waals surface area contributed by atoms with Crippen LogP contribution in [0.5, 0.6) is 0 Å². The Kier molecular flexibility index (Phi) is 7.25. The summed E-state index contributed by atoms with van der Waals surface area (Å²) >= 11 is 4.84. The highest BCUT2D eigenvalue weighted by Gasteiger charge is 2.30. The lowest BCUT2D eigenvalue weighted by molar-refractivity contribution is -0.126. The van der Waals surface area contributed by atoms with Crippen molar-refractivity contribution in [2.24, 2.45) is 11.1 Å². The highest BCUT2D eigenvalue weighted by atomic mass is 32.1. The maximum atomic E-state index is 11.7. The van der Waals surface area contributed by atoms with E-state index in [2.05, 4.69) is 5.32 Å². The molecule has 0 aliphatic heterocycles. The predicted molar refractivity (Wildman–Crippen MR) is 69.3 cm³/mol. The zero-order chi connectivity index (χ0) is 12.6. The summed E-state index contributed by atoms with van der Waals surface area (Å²) in [6.07, 6.45) is 3.01. The Labute approximate surface area is 103 Å². The van der Waals surface area contributed by atoms with Crippen LogP contribution in [-0.4, -0.2) is 31.2 Å². The Bertz CT molecular complexity index is 242. The third-order valence-electron chi connectivity index (χ3n) is 2.49. The van der Waals surface area contributed by atoms with E-state index in [1.54, 1.807) is 21.0 Å². The Morgan fingerprint density at radius 1 is 1.38 bits per heavy atom. The van der Waals surface area contributed by atoms with E-state index in [1.807, 2.05) is 0 Å². The first kappa shape index (κ1) is 15.3. The number of thiocarbonyl (C=S) groups is 1. The second-order valence-corrected chi connectivity index (χ2v) is 4.74. The van der Waals surface area contributed by atoms with Gasteiger partial charge in [-0.25, -0.2) is 0 Å². The van der Waals surface area contributed by atoms with Crippen LogP contribution >= 0.6 is 12.2 Å². The molecule has 5 heteroatoms. The number of nitrogens with two attached hydrogens (primary N) is 1. The molecule has 4 nitrogen and oxygen atoms in total. The van der Waals surface area contributed by atoms with Crippen LogP contribution in [0.3, 0.4) is 0 Å². The van der Waals surface area contributed by atoms with Gasteiger partial charge in [0.05, 0.1) is 10.4 Å². The van der Waals surface area contributed by atoms with Crippen molar-refractivity contribution in [2.45, 2.75) is 33.1 Å². The summed E-state index contributed by atoms with van der Waals surface area (Å²) in [5.74, 6) is -0.105. The summed E-state index contributed by atoms with van der Waals surface area (Å²) < 4.78 is 4.93. The summed E-state index contributed by atoms with van der Waals surface area (Å²) in [7, 11) is 1.69. The van der Waals surface area contributed by atoms with Crippen LogP contribution < -0.4 is 11.1 Å². The summed E-state index contributed by atoms with van der Waals surface area (Å²) in [6, 6.07) is 0. The Morgan fingerprint density at radius 2 is 2.00 bits per heavy atom. The minimum atomic E-state index is -0.762. The van der Waals surface area contributed by atoms with Crippen molar-refractivity contribution in [3.8, 4) is 0 Å². The molecular weight excluding hydrogens is 224 g/mol. The van der Waals surface area contributed by atoms with Gasteiger partial charge in [0.25, 0.3) is 0 Å². The van der Waals surface area contributed by atoms with Crippen molar-refractivity contribution in [1.82, 2.24) is 5.32 Å². The molecule has 0 unspecified atom stereocenters. The van der Waals surface area contributed by atoms with Gasteiger partial charge in [0.2, 0.25) is 5.91 Å².